The summed E-state index contributed by atoms with van der Waals surface area (Å²) in [5.74, 6) is 0.282. The zero-order chi connectivity index (χ0) is 11.4. The molecule has 0 unspecified atom stereocenters. The lowest BCUT2D eigenvalue weighted by Crippen LogP contribution is -2.34. The summed E-state index contributed by atoms with van der Waals surface area (Å²) in [7, 11) is 0. The number of hydrogen-bond donors (Lipinski definition) is 0. The zero-order valence-corrected chi connectivity index (χ0v) is 9.86. The number of para-hydroxylation sites is 1. The minimum absolute atomic E-state index is 0.282. The Hall–Kier alpha value is -1.31. The van der Waals surface area contributed by atoms with Gasteiger partial charge >= 0.3 is 0 Å². The molecule has 0 aromatic heterocycles. The normalized spacial score (nSPS) is 17.4. The van der Waals surface area contributed by atoms with Gasteiger partial charge in [0, 0.05) is 24.7 Å². The van der Waals surface area contributed by atoms with E-state index in [4.69, 9.17) is 0 Å². The highest BCUT2D eigenvalue weighted by molar-refractivity contribution is 5.57. The number of carbonyl (C=O) groups is 1. The Morgan fingerprint density at radius 2 is 2.00 bits per heavy atom. The van der Waals surface area contributed by atoms with Gasteiger partial charge < -0.3 is 9.69 Å². The molecule has 0 bridgehead atoms. The second kappa shape index (κ2) is 5.15. The van der Waals surface area contributed by atoms with Gasteiger partial charge in [-0.3, -0.25) is 0 Å². The number of aldehydes is 1. The summed E-state index contributed by atoms with van der Waals surface area (Å²) in [6, 6.07) is 8.59. The van der Waals surface area contributed by atoms with Crippen LogP contribution in [0, 0.1) is 5.92 Å². The maximum atomic E-state index is 10.7. The average molecular weight is 217 g/mol. The molecule has 1 aromatic carbocycles. The predicted octanol–water partition coefficient (Wildman–Crippen LogP) is 2.66. The van der Waals surface area contributed by atoms with E-state index in [0.29, 0.717) is 0 Å². The van der Waals surface area contributed by atoms with E-state index in [1.54, 1.807) is 0 Å². The molecule has 1 aliphatic rings. The van der Waals surface area contributed by atoms with E-state index in [1.165, 1.54) is 11.3 Å². The third kappa shape index (κ3) is 2.26. The van der Waals surface area contributed by atoms with Crippen molar-refractivity contribution >= 4 is 12.0 Å². The number of nitrogens with zero attached hydrogens (tertiary/aromatic N) is 1. The third-order valence-electron chi connectivity index (χ3n) is 3.45. The van der Waals surface area contributed by atoms with Gasteiger partial charge in [-0.15, -0.1) is 0 Å². The Labute approximate surface area is 97.3 Å². The smallest absolute Gasteiger partial charge is 0.123 e. The lowest BCUT2D eigenvalue weighted by molar-refractivity contribution is -0.111. The van der Waals surface area contributed by atoms with Crippen LogP contribution < -0.4 is 4.90 Å². The highest BCUT2D eigenvalue weighted by atomic mass is 16.1. The van der Waals surface area contributed by atoms with E-state index in [2.05, 4.69) is 36.1 Å². The van der Waals surface area contributed by atoms with Gasteiger partial charge in [0.05, 0.1) is 0 Å². The molecule has 2 nitrogen and oxygen atoms in total. The summed E-state index contributed by atoms with van der Waals surface area (Å²) in [6.45, 7) is 4.22. The number of carbonyl (C=O) groups excluding carboxylic acids is 1. The molecule has 2 rings (SSSR count). The summed E-state index contributed by atoms with van der Waals surface area (Å²) in [4.78, 5) is 13.1. The van der Waals surface area contributed by atoms with Crippen LogP contribution in [0.1, 0.15) is 25.3 Å². The molecule has 0 spiro atoms. The van der Waals surface area contributed by atoms with Crippen LogP contribution in [-0.4, -0.2) is 19.4 Å². The minimum atomic E-state index is 0.282. The molecule has 16 heavy (non-hydrogen) atoms. The Bertz CT molecular complexity index is 354. The standard InChI is InChI=1S/C14H19NO/c1-2-13-5-3-4-6-14(13)15-9-7-12(11-16)8-10-15/h3-6,11-12H,2,7-10H2,1H3. The van der Waals surface area contributed by atoms with Gasteiger partial charge in [0.25, 0.3) is 0 Å². The summed E-state index contributed by atoms with van der Waals surface area (Å²) in [5, 5.41) is 0. The second-order valence-electron chi connectivity index (χ2n) is 4.44. The fourth-order valence-electron chi connectivity index (χ4n) is 2.39. The van der Waals surface area contributed by atoms with Crippen LogP contribution in [0.4, 0.5) is 5.69 Å². The molecule has 0 aliphatic carbocycles. The molecule has 1 saturated heterocycles. The first-order valence-electron chi connectivity index (χ1n) is 6.13. The molecular formula is C14H19NO. The minimum Gasteiger partial charge on any atom is -0.371 e. The molecule has 0 amide bonds. The molecular weight excluding hydrogens is 198 g/mol. The molecule has 2 heteroatoms. The Morgan fingerprint density at radius 3 is 2.62 bits per heavy atom. The van der Waals surface area contributed by atoms with Crippen molar-refractivity contribution < 1.29 is 4.79 Å². The van der Waals surface area contributed by atoms with Crippen LogP contribution in [0.3, 0.4) is 0 Å². The zero-order valence-electron chi connectivity index (χ0n) is 9.86. The molecule has 0 radical (unpaired) electrons. The summed E-state index contributed by atoms with van der Waals surface area (Å²) in [6.07, 6.45) is 4.19. The van der Waals surface area contributed by atoms with E-state index >= 15 is 0 Å². The molecule has 1 aliphatic heterocycles. The van der Waals surface area contributed by atoms with E-state index < -0.39 is 0 Å². The molecule has 1 aromatic rings. The second-order valence-corrected chi connectivity index (χ2v) is 4.44. The Morgan fingerprint density at radius 1 is 1.31 bits per heavy atom. The van der Waals surface area contributed by atoms with Crippen LogP contribution in [0.25, 0.3) is 0 Å². The van der Waals surface area contributed by atoms with Crippen molar-refractivity contribution in [3.8, 4) is 0 Å². The number of aryl methyl sites for hydroxylation is 1. The molecule has 86 valence electrons. The van der Waals surface area contributed by atoms with E-state index in [0.717, 1.165) is 38.6 Å². The highest BCUT2D eigenvalue weighted by Gasteiger charge is 2.19. The lowest BCUT2D eigenvalue weighted by Gasteiger charge is -2.32. The fraction of sp³-hybridized carbons (Fsp3) is 0.500. The van der Waals surface area contributed by atoms with Gasteiger partial charge in [-0.05, 0) is 30.9 Å². The van der Waals surface area contributed by atoms with Gasteiger partial charge in [0.1, 0.15) is 6.29 Å². The molecule has 1 heterocycles. The topological polar surface area (TPSA) is 20.3 Å². The number of hydrogen-bond acceptors (Lipinski definition) is 2. The van der Waals surface area contributed by atoms with E-state index in [1.807, 2.05) is 0 Å². The predicted molar refractivity (Wildman–Crippen MR) is 66.8 cm³/mol. The summed E-state index contributed by atoms with van der Waals surface area (Å²) < 4.78 is 0. The van der Waals surface area contributed by atoms with Crippen LogP contribution in [0.15, 0.2) is 24.3 Å². The number of piperidine rings is 1. The monoisotopic (exact) mass is 217 g/mol. The van der Waals surface area contributed by atoms with Gasteiger partial charge in [0.15, 0.2) is 0 Å². The fourth-order valence-corrected chi connectivity index (χ4v) is 2.39. The average Bonchev–Trinajstić information content (AvgIpc) is 2.39. The van der Waals surface area contributed by atoms with Crippen LogP contribution in [0.2, 0.25) is 0 Å². The Balaban J connectivity index is 2.10. The first kappa shape index (κ1) is 11.2. The largest absolute Gasteiger partial charge is 0.371 e. The van der Waals surface area contributed by atoms with Gasteiger partial charge in [0.2, 0.25) is 0 Å². The van der Waals surface area contributed by atoms with Crippen molar-refractivity contribution in [3.05, 3.63) is 29.8 Å². The van der Waals surface area contributed by atoms with E-state index in [9.17, 15) is 4.79 Å². The number of rotatable bonds is 3. The van der Waals surface area contributed by atoms with Crippen molar-refractivity contribution in [1.29, 1.82) is 0 Å². The number of benzene rings is 1. The van der Waals surface area contributed by atoms with Crippen molar-refractivity contribution in [2.75, 3.05) is 18.0 Å². The maximum Gasteiger partial charge on any atom is 0.123 e. The van der Waals surface area contributed by atoms with Gasteiger partial charge in [-0.2, -0.15) is 0 Å². The van der Waals surface area contributed by atoms with Gasteiger partial charge in [-0.25, -0.2) is 0 Å². The first-order valence-corrected chi connectivity index (χ1v) is 6.13. The van der Waals surface area contributed by atoms with Gasteiger partial charge in [-0.1, -0.05) is 25.1 Å². The van der Waals surface area contributed by atoms with Crippen molar-refractivity contribution in [1.82, 2.24) is 0 Å². The van der Waals surface area contributed by atoms with Crippen LogP contribution >= 0.6 is 0 Å². The van der Waals surface area contributed by atoms with Crippen LogP contribution in [-0.2, 0) is 11.2 Å². The first-order chi connectivity index (χ1) is 7.85. The SMILES string of the molecule is CCc1ccccc1N1CCC(C=O)CC1. The van der Waals surface area contributed by atoms with Crippen LogP contribution in [0.5, 0.6) is 0 Å². The highest BCUT2D eigenvalue weighted by Crippen LogP contribution is 2.25. The molecule has 0 atom stereocenters. The van der Waals surface area contributed by atoms with Crippen molar-refractivity contribution in [3.63, 3.8) is 0 Å². The lowest BCUT2D eigenvalue weighted by atomic mass is 9.97. The third-order valence-corrected chi connectivity index (χ3v) is 3.45. The Kier molecular flexibility index (Phi) is 3.60. The number of anilines is 1. The summed E-state index contributed by atoms with van der Waals surface area (Å²) >= 11 is 0. The van der Waals surface area contributed by atoms with Crippen molar-refractivity contribution in [2.24, 2.45) is 5.92 Å². The van der Waals surface area contributed by atoms with E-state index in [-0.39, 0.29) is 5.92 Å². The maximum absolute atomic E-state index is 10.7. The van der Waals surface area contributed by atoms with Crippen molar-refractivity contribution in [2.45, 2.75) is 26.2 Å². The summed E-state index contributed by atoms with van der Waals surface area (Å²) in [5.41, 5.74) is 2.77. The molecule has 0 N–H and O–H groups in total. The molecule has 0 saturated carbocycles. The molecule has 1 fully saturated rings. The quantitative estimate of drug-likeness (QED) is 0.725.